The Kier molecular flexibility index (Phi) is 4.33. The number of allylic oxidation sites excluding steroid dienone is 3. The summed E-state index contributed by atoms with van der Waals surface area (Å²) in [6, 6.07) is 0. The third kappa shape index (κ3) is 2.62. The molecule has 0 unspecified atom stereocenters. The molecule has 0 radical (unpaired) electrons. The first-order valence-electron chi connectivity index (χ1n) is 5.76. The molecule has 4 heteroatoms. The Bertz CT molecular complexity index is 492. The molecule has 0 fully saturated rings. The van der Waals surface area contributed by atoms with Gasteiger partial charge in [0, 0.05) is 30.4 Å². The highest BCUT2D eigenvalue weighted by Gasteiger charge is 2.26. The van der Waals surface area contributed by atoms with Gasteiger partial charge in [0.05, 0.1) is 6.54 Å². The van der Waals surface area contributed by atoms with Gasteiger partial charge < -0.3 is 10.2 Å². The van der Waals surface area contributed by atoms with Crippen LogP contribution in [0.4, 0.5) is 0 Å². The lowest BCUT2D eigenvalue weighted by Crippen LogP contribution is -2.35. The maximum absolute atomic E-state index is 12.0. The first kappa shape index (κ1) is 14.0. The zero-order valence-electron chi connectivity index (χ0n) is 11.3. The van der Waals surface area contributed by atoms with Gasteiger partial charge in [-0.15, -0.1) is 6.42 Å². The summed E-state index contributed by atoms with van der Waals surface area (Å²) in [7, 11) is 1.89. The van der Waals surface area contributed by atoms with Crippen molar-refractivity contribution in [1.29, 1.82) is 0 Å². The van der Waals surface area contributed by atoms with Gasteiger partial charge in [-0.1, -0.05) is 5.92 Å². The van der Waals surface area contributed by atoms with E-state index < -0.39 is 11.7 Å². The van der Waals surface area contributed by atoms with Gasteiger partial charge >= 0.3 is 0 Å². The van der Waals surface area contributed by atoms with Crippen LogP contribution in [-0.4, -0.2) is 30.2 Å². The van der Waals surface area contributed by atoms with Crippen molar-refractivity contribution >= 4 is 11.7 Å². The minimum absolute atomic E-state index is 0.0700. The number of nitrogens with zero attached hydrogens (tertiary/aromatic N) is 1. The average molecular weight is 246 g/mol. The summed E-state index contributed by atoms with van der Waals surface area (Å²) in [5.74, 6) is 1.14. The highest BCUT2D eigenvalue weighted by molar-refractivity contribution is 6.42. The Hall–Kier alpha value is -2.02. The highest BCUT2D eigenvalue weighted by atomic mass is 16.2. The molecule has 96 valence electrons. The third-order valence-corrected chi connectivity index (χ3v) is 3.33. The molecule has 0 aliphatic carbocycles. The molecule has 0 aromatic heterocycles. The van der Waals surface area contributed by atoms with Gasteiger partial charge in [0.1, 0.15) is 0 Å². The molecule has 4 nitrogen and oxygen atoms in total. The number of hydrogen-bond donors (Lipinski definition) is 1. The highest BCUT2D eigenvalue weighted by Crippen LogP contribution is 2.28. The van der Waals surface area contributed by atoms with Crippen molar-refractivity contribution < 1.29 is 9.59 Å². The van der Waals surface area contributed by atoms with Crippen LogP contribution in [0.1, 0.15) is 27.2 Å². The van der Waals surface area contributed by atoms with Crippen molar-refractivity contribution in [1.82, 2.24) is 10.2 Å². The second kappa shape index (κ2) is 5.54. The summed E-state index contributed by atoms with van der Waals surface area (Å²) >= 11 is 0. The molecule has 1 rings (SSSR count). The van der Waals surface area contributed by atoms with Crippen molar-refractivity contribution in [3.8, 4) is 12.3 Å². The largest absolute Gasteiger partial charge is 0.352 e. The number of carbonyl (C=O) groups excluding carboxylic acids is 2. The standard InChI is InChI=1S/C14H18N2O2/c1-6-7-15-14(18)13(17)12-8-9(2)10(3)16(5)11(12)4/h1H,7-8H2,2-5H3,(H,15,18). The normalized spacial score (nSPS) is 15.6. The molecule has 0 saturated carbocycles. The van der Waals surface area contributed by atoms with E-state index in [9.17, 15) is 9.59 Å². The van der Waals surface area contributed by atoms with Gasteiger partial charge in [-0.25, -0.2) is 0 Å². The molecule has 18 heavy (non-hydrogen) atoms. The SMILES string of the molecule is C#CCNC(=O)C(=O)C1=C(C)N(C)C(C)=C(C)C1. The van der Waals surface area contributed by atoms with Crippen molar-refractivity contribution in [2.75, 3.05) is 13.6 Å². The van der Waals surface area contributed by atoms with E-state index in [-0.39, 0.29) is 6.54 Å². The molecule has 1 heterocycles. The lowest BCUT2D eigenvalue weighted by atomic mass is 9.94. The number of hydrogen-bond acceptors (Lipinski definition) is 3. The van der Waals surface area contributed by atoms with Gasteiger partial charge in [-0.3, -0.25) is 9.59 Å². The van der Waals surface area contributed by atoms with Crippen LogP contribution in [0.3, 0.4) is 0 Å². The van der Waals surface area contributed by atoms with Crippen LogP contribution in [0.25, 0.3) is 0 Å². The van der Waals surface area contributed by atoms with Gasteiger partial charge in [-0.05, 0) is 26.3 Å². The van der Waals surface area contributed by atoms with Crippen LogP contribution in [0, 0.1) is 12.3 Å². The average Bonchev–Trinajstić information content (AvgIpc) is 2.36. The van der Waals surface area contributed by atoms with E-state index in [4.69, 9.17) is 6.42 Å². The first-order chi connectivity index (χ1) is 8.40. The number of carbonyl (C=O) groups is 2. The number of rotatable bonds is 3. The van der Waals surface area contributed by atoms with Crippen LogP contribution in [0.15, 0.2) is 22.5 Å². The van der Waals surface area contributed by atoms with E-state index in [1.54, 1.807) is 0 Å². The molecule has 1 N–H and O–H groups in total. The van der Waals surface area contributed by atoms with Gasteiger partial charge in [0.2, 0.25) is 5.78 Å². The van der Waals surface area contributed by atoms with Crippen LogP contribution in [0.2, 0.25) is 0 Å². The minimum atomic E-state index is -0.636. The molecule has 0 aromatic rings. The van der Waals surface area contributed by atoms with Crippen molar-refractivity contribution in [3.05, 3.63) is 22.5 Å². The Balaban J connectivity index is 2.94. The third-order valence-electron chi connectivity index (χ3n) is 3.33. The summed E-state index contributed by atoms with van der Waals surface area (Å²) in [5, 5.41) is 2.40. The molecule has 1 aliphatic rings. The topological polar surface area (TPSA) is 49.4 Å². The maximum Gasteiger partial charge on any atom is 0.292 e. The number of amides is 1. The predicted molar refractivity (Wildman–Crippen MR) is 70.3 cm³/mol. The summed E-state index contributed by atoms with van der Waals surface area (Å²) in [6.07, 6.45) is 5.56. The fourth-order valence-electron chi connectivity index (χ4n) is 1.85. The fourth-order valence-corrected chi connectivity index (χ4v) is 1.85. The quantitative estimate of drug-likeness (QED) is 0.601. The first-order valence-corrected chi connectivity index (χ1v) is 5.76. The molecule has 0 bridgehead atoms. The van der Waals surface area contributed by atoms with E-state index in [2.05, 4.69) is 11.2 Å². The zero-order valence-corrected chi connectivity index (χ0v) is 11.3. The van der Waals surface area contributed by atoms with Crippen molar-refractivity contribution in [2.24, 2.45) is 0 Å². The molecular formula is C14H18N2O2. The van der Waals surface area contributed by atoms with Crippen molar-refractivity contribution in [2.45, 2.75) is 27.2 Å². The monoisotopic (exact) mass is 246 g/mol. The Morgan fingerprint density at radius 2 is 1.94 bits per heavy atom. The summed E-state index contributed by atoms with van der Waals surface area (Å²) in [5.41, 5.74) is 3.57. The number of terminal acetylenes is 1. The van der Waals surface area contributed by atoms with Crippen LogP contribution in [0.5, 0.6) is 0 Å². The fraction of sp³-hybridized carbons (Fsp3) is 0.429. The maximum atomic E-state index is 12.0. The molecular weight excluding hydrogens is 228 g/mol. The number of Topliss-reactive ketones (excluding diaryl/α,β-unsaturated/α-hetero) is 1. The lowest BCUT2D eigenvalue weighted by Gasteiger charge is -2.30. The van der Waals surface area contributed by atoms with Crippen LogP contribution >= 0.6 is 0 Å². The number of ketones is 1. The van der Waals surface area contributed by atoms with Crippen molar-refractivity contribution in [3.63, 3.8) is 0 Å². The molecule has 1 amide bonds. The summed E-state index contributed by atoms with van der Waals surface area (Å²) in [6.45, 7) is 5.88. The molecule has 0 aromatic carbocycles. The van der Waals surface area contributed by atoms with Crippen LogP contribution < -0.4 is 5.32 Å². The van der Waals surface area contributed by atoms with Gasteiger partial charge in [-0.2, -0.15) is 0 Å². The van der Waals surface area contributed by atoms with E-state index in [0.29, 0.717) is 12.0 Å². The van der Waals surface area contributed by atoms with E-state index in [1.807, 2.05) is 32.7 Å². The van der Waals surface area contributed by atoms with E-state index in [0.717, 1.165) is 17.0 Å². The molecule has 1 aliphatic heterocycles. The Labute approximate surface area is 108 Å². The second-order valence-corrected chi connectivity index (χ2v) is 4.38. The van der Waals surface area contributed by atoms with Gasteiger partial charge in [0.25, 0.3) is 5.91 Å². The predicted octanol–water partition coefficient (Wildman–Crippen LogP) is 1.21. The van der Waals surface area contributed by atoms with Gasteiger partial charge in [0.15, 0.2) is 0 Å². The molecule has 0 atom stereocenters. The lowest BCUT2D eigenvalue weighted by molar-refractivity contribution is -0.135. The number of nitrogens with one attached hydrogen (secondary N) is 1. The summed E-state index contributed by atoms with van der Waals surface area (Å²) < 4.78 is 0. The van der Waals surface area contributed by atoms with E-state index in [1.165, 1.54) is 0 Å². The molecule has 0 spiro atoms. The minimum Gasteiger partial charge on any atom is -0.352 e. The summed E-state index contributed by atoms with van der Waals surface area (Å²) in [4.78, 5) is 25.6. The van der Waals surface area contributed by atoms with E-state index >= 15 is 0 Å². The Morgan fingerprint density at radius 3 is 2.50 bits per heavy atom. The smallest absolute Gasteiger partial charge is 0.292 e. The zero-order chi connectivity index (χ0) is 13.9. The Morgan fingerprint density at radius 1 is 1.33 bits per heavy atom. The van der Waals surface area contributed by atoms with Crippen LogP contribution in [-0.2, 0) is 9.59 Å². The molecule has 0 saturated heterocycles. The second-order valence-electron chi connectivity index (χ2n) is 4.38.